The third-order valence-corrected chi connectivity index (χ3v) is 4.36. The molecule has 1 fully saturated rings. The predicted molar refractivity (Wildman–Crippen MR) is 93.5 cm³/mol. The normalized spacial score (nSPS) is 18.5. The largest absolute Gasteiger partial charge is 0.490 e. The fourth-order valence-corrected chi connectivity index (χ4v) is 3.18. The van der Waals surface area contributed by atoms with Crippen LogP contribution in [0.2, 0.25) is 0 Å². The molecular formula is C19H26N2O3. The molecule has 24 heavy (non-hydrogen) atoms. The third-order valence-electron chi connectivity index (χ3n) is 4.36. The number of primary amides is 1. The van der Waals surface area contributed by atoms with Crippen molar-refractivity contribution >= 4 is 11.8 Å². The van der Waals surface area contributed by atoms with Crippen molar-refractivity contribution < 1.29 is 14.3 Å². The lowest BCUT2D eigenvalue weighted by Gasteiger charge is -2.26. The quantitative estimate of drug-likeness (QED) is 0.706. The summed E-state index contributed by atoms with van der Waals surface area (Å²) in [6, 6.07) is 6.92. The lowest BCUT2D eigenvalue weighted by Crippen LogP contribution is -2.47. The molecule has 2 amide bonds. The van der Waals surface area contributed by atoms with Crippen LogP contribution < -0.4 is 10.5 Å². The molecule has 2 rings (SSSR count). The lowest BCUT2D eigenvalue weighted by atomic mass is 10.0. The summed E-state index contributed by atoms with van der Waals surface area (Å²) < 4.78 is 5.45. The molecular weight excluding hydrogens is 304 g/mol. The van der Waals surface area contributed by atoms with Gasteiger partial charge in [0.25, 0.3) is 0 Å². The Kier molecular flexibility index (Phi) is 6.41. The van der Waals surface area contributed by atoms with E-state index in [0.29, 0.717) is 31.9 Å². The van der Waals surface area contributed by atoms with Crippen LogP contribution in [-0.2, 0) is 16.0 Å². The number of rotatable bonds is 9. The summed E-state index contributed by atoms with van der Waals surface area (Å²) in [6.45, 7) is 6.79. The molecule has 2 unspecified atom stereocenters. The van der Waals surface area contributed by atoms with Gasteiger partial charge in [0.1, 0.15) is 18.4 Å². The van der Waals surface area contributed by atoms with Gasteiger partial charge in [-0.3, -0.25) is 9.59 Å². The Morgan fingerprint density at radius 2 is 2.17 bits per heavy atom. The van der Waals surface area contributed by atoms with E-state index in [4.69, 9.17) is 10.5 Å². The number of hydrogen-bond donors (Lipinski definition) is 1. The summed E-state index contributed by atoms with van der Waals surface area (Å²) in [5, 5.41) is 0. The highest BCUT2D eigenvalue weighted by Crippen LogP contribution is 2.25. The van der Waals surface area contributed by atoms with E-state index < -0.39 is 11.9 Å². The minimum absolute atomic E-state index is 0.0307. The Morgan fingerprint density at radius 3 is 2.75 bits per heavy atom. The van der Waals surface area contributed by atoms with Crippen LogP contribution >= 0.6 is 0 Å². The smallest absolute Gasteiger partial charge is 0.240 e. The number of benzene rings is 1. The van der Waals surface area contributed by atoms with Crippen molar-refractivity contribution in [2.45, 2.75) is 38.6 Å². The number of hydrogen-bond acceptors (Lipinski definition) is 3. The molecule has 1 heterocycles. The molecule has 0 bridgehead atoms. The van der Waals surface area contributed by atoms with E-state index in [1.165, 1.54) is 0 Å². The molecule has 1 aromatic rings. The van der Waals surface area contributed by atoms with Crippen LogP contribution in [0.15, 0.2) is 36.9 Å². The maximum absolute atomic E-state index is 12.3. The van der Waals surface area contributed by atoms with E-state index in [0.717, 1.165) is 24.2 Å². The first-order chi connectivity index (χ1) is 11.5. The van der Waals surface area contributed by atoms with Crippen LogP contribution in [-0.4, -0.2) is 35.9 Å². The van der Waals surface area contributed by atoms with Crippen molar-refractivity contribution in [3.8, 4) is 5.75 Å². The second-order valence-electron chi connectivity index (χ2n) is 6.27. The number of ether oxygens (including phenoxy) is 1. The second kappa shape index (κ2) is 8.52. The fraction of sp³-hybridized carbons (Fsp3) is 0.474. The van der Waals surface area contributed by atoms with Crippen LogP contribution in [0.5, 0.6) is 5.75 Å². The van der Waals surface area contributed by atoms with Gasteiger partial charge in [0.2, 0.25) is 11.8 Å². The van der Waals surface area contributed by atoms with Gasteiger partial charge in [0.05, 0.1) is 0 Å². The summed E-state index contributed by atoms with van der Waals surface area (Å²) in [5.41, 5.74) is 6.53. The van der Waals surface area contributed by atoms with Crippen molar-refractivity contribution in [3.63, 3.8) is 0 Å². The van der Waals surface area contributed by atoms with E-state index in [2.05, 4.69) is 13.5 Å². The summed E-state index contributed by atoms with van der Waals surface area (Å²) in [7, 11) is 0. The van der Waals surface area contributed by atoms with E-state index in [1.807, 2.05) is 24.3 Å². The molecule has 1 saturated heterocycles. The molecule has 0 aliphatic carbocycles. The highest BCUT2D eigenvalue weighted by molar-refractivity contribution is 5.88. The maximum atomic E-state index is 12.3. The Hall–Kier alpha value is -2.30. The number of carbonyl (C=O) groups is 2. The van der Waals surface area contributed by atoms with Gasteiger partial charge in [-0.05, 0) is 30.0 Å². The van der Waals surface area contributed by atoms with E-state index in [-0.39, 0.29) is 5.91 Å². The van der Waals surface area contributed by atoms with Crippen LogP contribution in [0, 0.1) is 5.92 Å². The molecule has 1 aliphatic heterocycles. The molecule has 0 aromatic heterocycles. The van der Waals surface area contributed by atoms with Gasteiger partial charge in [-0.1, -0.05) is 38.1 Å². The number of carbonyl (C=O) groups excluding carboxylic acids is 2. The first-order valence-electron chi connectivity index (χ1n) is 8.46. The van der Waals surface area contributed by atoms with Crippen LogP contribution in [0.4, 0.5) is 0 Å². The number of nitrogens with zero attached hydrogens (tertiary/aromatic N) is 1. The highest BCUT2D eigenvalue weighted by Gasteiger charge is 2.36. The van der Waals surface area contributed by atoms with Crippen molar-refractivity contribution in [2.75, 3.05) is 13.2 Å². The molecule has 0 radical (unpaired) electrons. The molecule has 2 atom stereocenters. The molecule has 130 valence electrons. The van der Waals surface area contributed by atoms with Crippen LogP contribution in [0.3, 0.4) is 0 Å². The topological polar surface area (TPSA) is 72.6 Å². The first kappa shape index (κ1) is 18.0. The van der Waals surface area contributed by atoms with Gasteiger partial charge in [-0.2, -0.15) is 0 Å². The summed E-state index contributed by atoms with van der Waals surface area (Å²) >= 11 is 0. The van der Waals surface area contributed by atoms with E-state index in [1.54, 1.807) is 11.0 Å². The second-order valence-corrected chi connectivity index (χ2v) is 6.27. The summed E-state index contributed by atoms with van der Waals surface area (Å²) in [6.07, 6.45) is 4.68. The molecule has 0 spiro atoms. The highest BCUT2D eigenvalue weighted by atomic mass is 16.5. The van der Waals surface area contributed by atoms with Crippen molar-refractivity contribution in [1.82, 2.24) is 4.90 Å². The zero-order valence-corrected chi connectivity index (χ0v) is 14.2. The average molecular weight is 330 g/mol. The lowest BCUT2D eigenvalue weighted by molar-refractivity contribution is -0.136. The van der Waals surface area contributed by atoms with Crippen molar-refractivity contribution in [1.29, 1.82) is 0 Å². The number of amides is 2. The van der Waals surface area contributed by atoms with Gasteiger partial charge < -0.3 is 15.4 Å². The Morgan fingerprint density at radius 1 is 1.46 bits per heavy atom. The fourth-order valence-electron chi connectivity index (χ4n) is 3.18. The average Bonchev–Trinajstić information content (AvgIpc) is 2.92. The maximum Gasteiger partial charge on any atom is 0.240 e. The number of nitrogens with two attached hydrogens (primary N) is 1. The van der Waals surface area contributed by atoms with Gasteiger partial charge in [-0.25, -0.2) is 0 Å². The third kappa shape index (κ3) is 4.60. The van der Waals surface area contributed by atoms with E-state index in [9.17, 15) is 9.59 Å². The molecule has 1 aromatic carbocycles. The standard InChI is InChI=1S/C19H26N2O3/c1-3-5-15-12-18(22)21(13-15)17(19(20)23)11-14-6-8-16(9-7-14)24-10-4-2/h4,6-9,15,17H,2-3,5,10-13H2,1H3,(H2,20,23). The summed E-state index contributed by atoms with van der Waals surface area (Å²) in [4.78, 5) is 25.8. The minimum atomic E-state index is -0.584. The monoisotopic (exact) mass is 330 g/mol. The SMILES string of the molecule is C=CCOc1ccc(CC(C(N)=O)N2CC(CCC)CC2=O)cc1. The molecule has 0 saturated carbocycles. The molecule has 1 aliphatic rings. The van der Waals surface area contributed by atoms with Crippen molar-refractivity contribution in [2.24, 2.45) is 11.7 Å². The van der Waals surface area contributed by atoms with E-state index >= 15 is 0 Å². The van der Waals surface area contributed by atoms with Gasteiger partial charge in [0.15, 0.2) is 0 Å². The Labute approximate surface area is 143 Å². The van der Waals surface area contributed by atoms with Gasteiger partial charge >= 0.3 is 0 Å². The zero-order chi connectivity index (χ0) is 17.5. The van der Waals surface area contributed by atoms with Crippen LogP contribution in [0.1, 0.15) is 31.7 Å². The van der Waals surface area contributed by atoms with Crippen LogP contribution in [0.25, 0.3) is 0 Å². The van der Waals surface area contributed by atoms with Gasteiger partial charge in [0, 0.05) is 19.4 Å². The van der Waals surface area contributed by atoms with Crippen molar-refractivity contribution in [3.05, 3.63) is 42.5 Å². The number of likely N-dealkylation sites (tertiary alicyclic amines) is 1. The zero-order valence-electron chi connectivity index (χ0n) is 14.2. The Bertz CT molecular complexity index is 583. The van der Waals surface area contributed by atoms with Gasteiger partial charge in [-0.15, -0.1) is 0 Å². The summed E-state index contributed by atoms with van der Waals surface area (Å²) in [5.74, 6) is 0.657. The first-order valence-corrected chi connectivity index (χ1v) is 8.46. The molecule has 2 N–H and O–H groups in total. The molecule has 5 heteroatoms. The molecule has 5 nitrogen and oxygen atoms in total. The minimum Gasteiger partial charge on any atom is -0.490 e. The predicted octanol–water partition coefficient (Wildman–Crippen LogP) is 2.30. The Balaban J connectivity index is 2.04.